The fourth-order valence-corrected chi connectivity index (χ4v) is 3.64. The van der Waals surface area contributed by atoms with Crippen LogP contribution in [0.3, 0.4) is 0 Å². The molecule has 0 fully saturated rings. The molecule has 4 rings (SSSR count). The lowest BCUT2D eigenvalue weighted by Gasteiger charge is -2.12. The van der Waals surface area contributed by atoms with E-state index in [1.807, 2.05) is 0 Å². The number of halogens is 4. The smallest absolute Gasteiger partial charge is 0.298 e. The molecule has 0 bridgehead atoms. The van der Waals surface area contributed by atoms with Crippen LogP contribution in [-0.4, -0.2) is 20.7 Å². The van der Waals surface area contributed by atoms with E-state index in [1.165, 1.54) is 12.1 Å². The summed E-state index contributed by atoms with van der Waals surface area (Å²) in [4.78, 5) is 16.9. The van der Waals surface area contributed by atoms with E-state index in [1.54, 1.807) is 47.8 Å². The average molecular weight is 449 g/mol. The van der Waals surface area contributed by atoms with Gasteiger partial charge in [0.1, 0.15) is 0 Å². The molecule has 30 heavy (non-hydrogen) atoms. The van der Waals surface area contributed by atoms with E-state index in [2.05, 4.69) is 15.4 Å². The number of thiazole rings is 1. The van der Waals surface area contributed by atoms with E-state index >= 15 is 0 Å². The van der Waals surface area contributed by atoms with E-state index < -0.39 is 23.3 Å². The van der Waals surface area contributed by atoms with Crippen LogP contribution in [0, 0.1) is 0 Å². The van der Waals surface area contributed by atoms with Crippen LogP contribution < -0.4 is 5.32 Å². The van der Waals surface area contributed by atoms with Crippen LogP contribution >= 0.6 is 22.9 Å². The zero-order chi connectivity index (χ0) is 21.3. The first-order valence-corrected chi connectivity index (χ1v) is 9.82. The van der Waals surface area contributed by atoms with Crippen molar-refractivity contribution in [2.45, 2.75) is 6.18 Å². The minimum atomic E-state index is -4.78. The van der Waals surface area contributed by atoms with Crippen molar-refractivity contribution in [3.8, 4) is 16.9 Å². The highest BCUT2D eigenvalue weighted by Gasteiger charge is 2.40. The molecule has 0 spiro atoms. The van der Waals surface area contributed by atoms with Crippen molar-refractivity contribution in [2.75, 3.05) is 5.32 Å². The van der Waals surface area contributed by atoms with Gasteiger partial charge < -0.3 is 0 Å². The van der Waals surface area contributed by atoms with E-state index in [4.69, 9.17) is 11.6 Å². The molecule has 1 amide bonds. The molecule has 0 atom stereocenters. The van der Waals surface area contributed by atoms with E-state index in [0.29, 0.717) is 15.4 Å². The Bertz CT molecular complexity index is 1190. The quantitative estimate of drug-likeness (QED) is 0.421. The van der Waals surface area contributed by atoms with Gasteiger partial charge in [-0.1, -0.05) is 41.9 Å². The lowest BCUT2D eigenvalue weighted by molar-refractivity contribution is -0.143. The van der Waals surface area contributed by atoms with Crippen LogP contribution in [-0.2, 0) is 6.18 Å². The normalized spacial score (nSPS) is 11.5. The summed E-state index contributed by atoms with van der Waals surface area (Å²) < 4.78 is 41.9. The Kier molecular flexibility index (Phi) is 5.31. The maximum atomic E-state index is 13.7. The van der Waals surface area contributed by atoms with Gasteiger partial charge in [0, 0.05) is 16.0 Å². The first-order chi connectivity index (χ1) is 14.3. The number of amides is 1. The van der Waals surface area contributed by atoms with Crippen molar-refractivity contribution in [2.24, 2.45) is 0 Å². The van der Waals surface area contributed by atoms with Crippen molar-refractivity contribution in [3.63, 3.8) is 0 Å². The molecule has 4 aromatic rings. The van der Waals surface area contributed by atoms with Gasteiger partial charge in [0.15, 0.2) is 10.8 Å². The highest BCUT2D eigenvalue weighted by Crippen LogP contribution is 2.34. The second-order valence-electron chi connectivity index (χ2n) is 6.15. The van der Waals surface area contributed by atoms with Crippen LogP contribution in [0.5, 0.6) is 0 Å². The SMILES string of the molecule is O=C(Nc1nc(-c2ccc(Cl)cc2)cs1)c1cnn(-c2ccccc2)c1C(F)(F)F. The molecule has 2 aromatic heterocycles. The number of aromatic nitrogens is 3. The van der Waals surface area contributed by atoms with Crippen LogP contribution in [0.1, 0.15) is 16.1 Å². The molecule has 0 radical (unpaired) electrons. The van der Waals surface area contributed by atoms with Gasteiger partial charge in [0.2, 0.25) is 0 Å². The number of nitrogens with one attached hydrogen (secondary N) is 1. The molecule has 0 aliphatic rings. The average Bonchev–Trinajstić information content (AvgIpc) is 3.36. The third-order valence-corrected chi connectivity index (χ3v) is 5.16. The Hall–Kier alpha value is -3.17. The zero-order valence-electron chi connectivity index (χ0n) is 15.0. The Morgan fingerprint density at radius 3 is 2.43 bits per heavy atom. The van der Waals surface area contributed by atoms with Gasteiger partial charge >= 0.3 is 6.18 Å². The molecule has 152 valence electrons. The van der Waals surface area contributed by atoms with Gasteiger partial charge in [-0.15, -0.1) is 11.3 Å². The summed E-state index contributed by atoms with van der Waals surface area (Å²) in [6.07, 6.45) is -3.88. The summed E-state index contributed by atoms with van der Waals surface area (Å²) in [5.74, 6) is -0.943. The maximum Gasteiger partial charge on any atom is 0.434 e. The van der Waals surface area contributed by atoms with E-state index in [-0.39, 0.29) is 10.8 Å². The second-order valence-corrected chi connectivity index (χ2v) is 7.45. The van der Waals surface area contributed by atoms with Crippen molar-refractivity contribution in [1.82, 2.24) is 14.8 Å². The highest BCUT2D eigenvalue weighted by atomic mass is 35.5. The number of benzene rings is 2. The van der Waals surface area contributed by atoms with Crippen molar-refractivity contribution < 1.29 is 18.0 Å². The van der Waals surface area contributed by atoms with Crippen LogP contribution in [0.4, 0.5) is 18.3 Å². The number of alkyl halides is 3. The standard InChI is InChI=1S/C20H12ClF3N4OS/c21-13-8-6-12(7-9-13)16-11-30-19(26-16)27-18(29)15-10-25-28(17(15)20(22,23)24)14-4-2-1-3-5-14/h1-11H,(H,26,27,29). The largest absolute Gasteiger partial charge is 0.434 e. The van der Waals surface area contributed by atoms with Crippen LogP contribution in [0.15, 0.2) is 66.2 Å². The lowest BCUT2D eigenvalue weighted by Crippen LogP contribution is -2.20. The summed E-state index contributed by atoms with van der Waals surface area (Å²) in [6.45, 7) is 0. The Morgan fingerprint density at radius 1 is 1.07 bits per heavy atom. The third kappa shape index (κ3) is 4.07. The highest BCUT2D eigenvalue weighted by molar-refractivity contribution is 7.14. The number of carbonyl (C=O) groups is 1. The molecule has 0 aliphatic carbocycles. The van der Waals surface area contributed by atoms with Gasteiger partial charge in [0.25, 0.3) is 5.91 Å². The predicted octanol–water partition coefficient (Wildman–Crippen LogP) is 5.92. The number of para-hydroxylation sites is 1. The van der Waals surface area contributed by atoms with Crippen molar-refractivity contribution in [1.29, 1.82) is 0 Å². The molecule has 0 unspecified atom stereocenters. The number of hydrogen-bond acceptors (Lipinski definition) is 4. The molecular formula is C20H12ClF3N4OS. The molecule has 0 saturated carbocycles. The number of anilines is 1. The molecule has 2 aromatic carbocycles. The Morgan fingerprint density at radius 2 is 1.77 bits per heavy atom. The molecule has 0 saturated heterocycles. The van der Waals surface area contributed by atoms with Crippen molar-refractivity contribution >= 4 is 34.0 Å². The molecule has 10 heteroatoms. The maximum absolute atomic E-state index is 13.7. The topological polar surface area (TPSA) is 59.8 Å². The van der Waals surface area contributed by atoms with Crippen molar-refractivity contribution in [3.05, 3.63) is 82.5 Å². The summed E-state index contributed by atoms with van der Waals surface area (Å²) >= 11 is 6.97. The molecule has 1 N–H and O–H groups in total. The van der Waals surface area contributed by atoms with Gasteiger partial charge in [-0.3, -0.25) is 10.1 Å². The predicted molar refractivity (Wildman–Crippen MR) is 109 cm³/mol. The lowest BCUT2D eigenvalue weighted by atomic mass is 10.2. The fraction of sp³-hybridized carbons (Fsp3) is 0.0500. The monoisotopic (exact) mass is 448 g/mol. The minimum absolute atomic E-state index is 0.172. The van der Waals surface area contributed by atoms with Crippen LogP contribution in [0.2, 0.25) is 5.02 Å². The first kappa shape index (κ1) is 20.1. The summed E-state index contributed by atoms with van der Waals surface area (Å²) in [7, 11) is 0. The van der Waals surface area contributed by atoms with Gasteiger partial charge in [0.05, 0.1) is 23.1 Å². The molecule has 2 heterocycles. The summed E-state index contributed by atoms with van der Waals surface area (Å²) in [5.41, 5.74) is -0.203. The Balaban J connectivity index is 1.63. The van der Waals surface area contributed by atoms with Gasteiger partial charge in [-0.05, 0) is 24.3 Å². The molecule has 5 nitrogen and oxygen atoms in total. The molecular weight excluding hydrogens is 437 g/mol. The number of rotatable bonds is 4. The molecule has 0 aliphatic heterocycles. The van der Waals surface area contributed by atoms with E-state index in [9.17, 15) is 18.0 Å². The Labute approximate surface area is 177 Å². The van der Waals surface area contributed by atoms with E-state index in [0.717, 1.165) is 23.1 Å². The number of carbonyl (C=O) groups excluding carboxylic acids is 1. The van der Waals surface area contributed by atoms with Gasteiger partial charge in [-0.2, -0.15) is 18.3 Å². The zero-order valence-corrected chi connectivity index (χ0v) is 16.6. The summed E-state index contributed by atoms with van der Waals surface area (Å²) in [6, 6.07) is 14.7. The van der Waals surface area contributed by atoms with Gasteiger partial charge in [-0.25, -0.2) is 9.67 Å². The summed E-state index contributed by atoms with van der Waals surface area (Å²) in [5, 5.41) is 8.64. The number of hydrogen-bond donors (Lipinski definition) is 1. The fourth-order valence-electron chi connectivity index (χ4n) is 2.80. The third-order valence-electron chi connectivity index (χ3n) is 4.15. The second kappa shape index (κ2) is 7.92. The minimum Gasteiger partial charge on any atom is -0.298 e. The number of nitrogens with zero attached hydrogens (tertiary/aromatic N) is 3. The van der Waals surface area contributed by atoms with Crippen LogP contribution in [0.25, 0.3) is 16.9 Å². The first-order valence-electron chi connectivity index (χ1n) is 8.56.